The van der Waals surface area contributed by atoms with E-state index in [9.17, 15) is 9.59 Å². The molecule has 1 saturated heterocycles. The van der Waals surface area contributed by atoms with Crippen molar-refractivity contribution in [3.63, 3.8) is 0 Å². The Kier molecular flexibility index (Phi) is 4.80. The van der Waals surface area contributed by atoms with E-state index in [1.165, 1.54) is 6.92 Å². The van der Waals surface area contributed by atoms with Gasteiger partial charge >= 0.3 is 0 Å². The number of nitrogens with zero attached hydrogens (tertiary/aromatic N) is 4. The number of hydrogen-bond acceptors (Lipinski definition) is 6. The number of ether oxygens (including phenoxy) is 1. The Hall–Kier alpha value is -2.81. The summed E-state index contributed by atoms with van der Waals surface area (Å²) in [4.78, 5) is 40.4. The first-order valence-corrected chi connectivity index (χ1v) is 7.59. The molecule has 0 unspecified atom stereocenters. The van der Waals surface area contributed by atoms with Crippen LogP contribution in [0.5, 0.6) is 0 Å². The Labute approximate surface area is 138 Å². The molecule has 0 aliphatic carbocycles. The van der Waals surface area contributed by atoms with Crippen LogP contribution in [0.15, 0.2) is 24.7 Å². The zero-order valence-corrected chi connectivity index (χ0v) is 13.2. The molecule has 1 atom stereocenters. The fraction of sp³-hybridized carbons (Fsp3) is 0.400. The second-order valence-corrected chi connectivity index (χ2v) is 5.39. The van der Waals surface area contributed by atoms with Gasteiger partial charge in [-0.3, -0.25) is 9.59 Å². The van der Waals surface area contributed by atoms with Gasteiger partial charge in [0.15, 0.2) is 0 Å². The van der Waals surface area contributed by atoms with Crippen LogP contribution in [0.3, 0.4) is 0 Å². The van der Waals surface area contributed by atoms with Crippen molar-refractivity contribution in [1.29, 1.82) is 0 Å². The Balaban J connectivity index is 1.65. The molecule has 0 saturated carbocycles. The molecule has 3 rings (SSSR count). The van der Waals surface area contributed by atoms with Crippen molar-refractivity contribution < 1.29 is 14.3 Å². The molecular formula is C15H18N6O3. The minimum absolute atomic E-state index is 0.111. The largest absolute Gasteiger partial charge is 0.367 e. The summed E-state index contributed by atoms with van der Waals surface area (Å²) < 4.78 is 5.70. The molecule has 0 bridgehead atoms. The monoisotopic (exact) mass is 330 g/mol. The number of rotatable bonds is 4. The molecule has 2 N–H and O–H groups in total. The maximum Gasteiger partial charge on any atom is 0.291 e. The van der Waals surface area contributed by atoms with Crippen molar-refractivity contribution in [2.24, 2.45) is 0 Å². The molecule has 0 aromatic carbocycles. The first kappa shape index (κ1) is 16.1. The lowest BCUT2D eigenvalue weighted by Gasteiger charge is -2.31. The van der Waals surface area contributed by atoms with Crippen LogP contribution in [0.1, 0.15) is 35.2 Å². The van der Waals surface area contributed by atoms with Gasteiger partial charge in [0, 0.05) is 25.9 Å². The number of imidazole rings is 1. The minimum atomic E-state index is -0.350. The molecule has 126 valence electrons. The van der Waals surface area contributed by atoms with Crippen molar-refractivity contribution in [2.75, 3.05) is 19.7 Å². The Morgan fingerprint density at radius 3 is 2.92 bits per heavy atom. The average Bonchev–Trinajstić information content (AvgIpc) is 3.09. The number of morpholine rings is 1. The lowest BCUT2D eigenvalue weighted by Crippen LogP contribution is -2.43. The van der Waals surface area contributed by atoms with E-state index in [-0.39, 0.29) is 23.7 Å². The van der Waals surface area contributed by atoms with Gasteiger partial charge in [-0.05, 0) is 6.07 Å². The van der Waals surface area contributed by atoms with Crippen LogP contribution in [-0.2, 0) is 16.1 Å². The molecule has 2 aromatic heterocycles. The first-order chi connectivity index (χ1) is 11.6. The number of carbonyl (C=O) groups excluding carboxylic acids is 2. The zero-order chi connectivity index (χ0) is 16.9. The highest BCUT2D eigenvalue weighted by Gasteiger charge is 2.28. The van der Waals surface area contributed by atoms with Gasteiger partial charge in [0.05, 0.1) is 31.6 Å². The van der Waals surface area contributed by atoms with E-state index >= 15 is 0 Å². The van der Waals surface area contributed by atoms with Crippen molar-refractivity contribution in [2.45, 2.75) is 19.6 Å². The van der Waals surface area contributed by atoms with Crippen molar-refractivity contribution in [1.82, 2.24) is 30.2 Å². The normalized spacial score (nSPS) is 17.5. The molecule has 9 nitrogen and oxygen atoms in total. The van der Waals surface area contributed by atoms with Crippen molar-refractivity contribution in [3.8, 4) is 0 Å². The summed E-state index contributed by atoms with van der Waals surface area (Å²) >= 11 is 0. The minimum Gasteiger partial charge on any atom is -0.367 e. The number of aromatic nitrogens is 4. The fourth-order valence-electron chi connectivity index (χ4n) is 2.40. The fourth-order valence-corrected chi connectivity index (χ4v) is 2.40. The molecule has 3 heterocycles. The molecule has 1 aliphatic heterocycles. The lowest BCUT2D eigenvalue weighted by atomic mass is 10.2. The molecule has 24 heavy (non-hydrogen) atoms. The van der Waals surface area contributed by atoms with E-state index in [0.29, 0.717) is 32.1 Å². The van der Waals surface area contributed by atoms with Gasteiger partial charge in [-0.2, -0.15) is 0 Å². The van der Waals surface area contributed by atoms with E-state index in [4.69, 9.17) is 4.74 Å². The number of nitrogens with one attached hydrogen (secondary N) is 2. The summed E-state index contributed by atoms with van der Waals surface area (Å²) in [6, 6.07) is 1.67. The summed E-state index contributed by atoms with van der Waals surface area (Å²) in [5.41, 5.74) is 0.777. The molecule has 0 spiro atoms. The molecule has 1 fully saturated rings. The van der Waals surface area contributed by atoms with E-state index in [1.807, 2.05) is 0 Å². The summed E-state index contributed by atoms with van der Waals surface area (Å²) in [6.45, 7) is 3.08. The van der Waals surface area contributed by atoms with Gasteiger partial charge in [0.2, 0.25) is 11.7 Å². The van der Waals surface area contributed by atoms with Gasteiger partial charge in [-0.15, -0.1) is 0 Å². The standard InChI is InChI=1S/C15H18N6O3/c1-10(22)18-7-11-8-19-13(20-11)12-9-21(5-6-24-12)15(23)14-16-3-2-4-17-14/h2-4,8,12H,5-7,9H2,1H3,(H,18,22)(H,19,20)/t12-/m0/s1. The van der Waals surface area contributed by atoms with Crippen LogP contribution < -0.4 is 5.32 Å². The average molecular weight is 330 g/mol. The third kappa shape index (κ3) is 3.74. The molecule has 2 aromatic rings. The van der Waals surface area contributed by atoms with Crippen LogP contribution in [0.25, 0.3) is 0 Å². The zero-order valence-electron chi connectivity index (χ0n) is 13.2. The van der Waals surface area contributed by atoms with E-state index in [0.717, 1.165) is 5.69 Å². The van der Waals surface area contributed by atoms with Crippen LogP contribution in [0, 0.1) is 0 Å². The van der Waals surface area contributed by atoms with Crippen LogP contribution in [-0.4, -0.2) is 56.3 Å². The van der Waals surface area contributed by atoms with Gasteiger partial charge in [0.25, 0.3) is 5.91 Å². The maximum atomic E-state index is 12.4. The SMILES string of the molecule is CC(=O)NCc1cnc([C@@H]2CN(C(=O)c3ncccn3)CCO2)[nH]1. The smallest absolute Gasteiger partial charge is 0.291 e. The second-order valence-electron chi connectivity index (χ2n) is 5.39. The van der Waals surface area contributed by atoms with Gasteiger partial charge in [0.1, 0.15) is 11.9 Å². The molecular weight excluding hydrogens is 312 g/mol. The Bertz CT molecular complexity index is 717. The maximum absolute atomic E-state index is 12.4. The van der Waals surface area contributed by atoms with Crippen LogP contribution >= 0.6 is 0 Å². The highest BCUT2D eigenvalue weighted by Crippen LogP contribution is 2.20. The molecule has 2 amide bonds. The number of carbonyl (C=O) groups is 2. The highest BCUT2D eigenvalue weighted by molar-refractivity contribution is 5.90. The van der Waals surface area contributed by atoms with Gasteiger partial charge < -0.3 is 19.9 Å². The lowest BCUT2D eigenvalue weighted by molar-refractivity contribution is -0.119. The predicted molar refractivity (Wildman–Crippen MR) is 82.7 cm³/mol. The predicted octanol–water partition coefficient (Wildman–Crippen LogP) is 0.0495. The summed E-state index contributed by atoms with van der Waals surface area (Å²) in [7, 11) is 0. The Morgan fingerprint density at radius 2 is 2.17 bits per heavy atom. The number of aromatic amines is 1. The van der Waals surface area contributed by atoms with Crippen LogP contribution in [0.2, 0.25) is 0 Å². The highest BCUT2D eigenvalue weighted by atomic mass is 16.5. The topological polar surface area (TPSA) is 113 Å². The number of hydrogen-bond donors (Lipinski definition) is 2. The first-order valence-electron chi connectivity index (χ1n) is 7.59. The third-order valence-electron chi connectivity index (χ3n) is 3.59. The van der Waals surface area contributed by atoms with Crippen molar-refractivity contribution in [3.05, 3.63) is 42.0 Å². The van der Waals surface area contributed by atoms with E-state index < -0.39 is 0 Å². The van der Waals surface area contributed by atoms with Crippen LogP contribution in [0.4, 0.5) is 0 Å². The number of amides is 2. The summed E-state index contributed by atoms with van der Waals surface area (Å²) in [5.74, 6) is 0.458. The number of H-pyrrole nitrogens is 1. The quantitative estimate of drug-likeness (QED) is 0.819. The van der Waals surface area contributed by atoms with Gasteiger partial charge in [-0.1, -0.05) is 0 Å². The second kappa shape index (κ2) is 7.18. The summed E-state index contributed by atoms with van der Waals surface area (Å²) in [6.07, 6.45) is 4.38. The van der Waals surface area contributed by atoms with E-state index in [2.05, 4.69) is 25.3 Å². The van der Waals surface area contributed by atoms with Crippen molar-refractivity contribution >= 4 is 11.8 Å². The van der Waals surface area contributed by atoms with Gasteiger partial charge in [-0.25, -0.2) is 15.0 Å². The Morgan fingerprint density at radius 1 is 1.38 bits per heavy atom. The molecule has 1 aliphatic rings. The summed E-state index contributed by atoms with van der Waals surface area (Å²) in [5, 5.41) is 2.69. The third-order valence-corrected chi connectivity index (χ3v) is 3.59. The van der Waals surface area contributed by atoms with E-state index in [1.54, 1.807) is 29.6 Å². The molecule has 9 heteroatoms. The molecule has 0 radical (unpaired) electrons.